The highest BCUT2D eigenvalue weighted by atomic mass is 16.4. The van der Waals surface area contributed by atoms with Gasteiger partial charge in [-0.3, -0.25) is 0 Å². The molecule has 1 aromatic carbocycles. The molecule has 2 aromatic rings. The van der Waals surface area contributed by atoms with Crippen molar-refractivity contribution in [3.63, 3.8) is 0 Å². The largest absolute Gasteiger partial charge is 0.550 e. The maximum Gasteiger partial charge on any atom is 0.340 e. The molecule has 0 amide bonds. The highest BCUT2D eigenvalue weighted by Crippen LogP contribution is 2.23. The maximum absolute atomic E-state index is 11.6. The number of carboxylic acids is 1. The average molecular weight is 233 g/mol. The molecule has 0 bridgehead atoms. The molecule has 17 heavy (non-hydrogen) atoms. The van der Waals surface area contributed by atoms with Crippen LogP contribution >= 0.6 is 0 Å². The van der Waals surface area contributed by atoms with Gasteiger partial charge in [-0.1, -0.05) is 0 Å². The molecule has 0 saturated heterocycles. The summed E-state index contributed by atoms with van der Waals surface area (Å²) >= 11 is 0. The number of aliphatic carboxylic acids is 1. The van der Waals surface area contributed by atoms with Crippen molar-refractivity contribution < 1.29 is 19.4 Å². The molecule has 0 atom stereocenters. The predicted molar refractivity (Wildman–Crippen MR) is 57.6 cm³/mol. The van der Waals surface area contributed by atoms with Crippen LogP contribution in [0, 0.1) is 6.92 Å². The smallest absolute Gasteiger partial charge is 0.340 e. The molecule has 0 aliphatic carbocycles. The summed E-state index contributed by atoms with van der Waals surface area (Å²) in [5.41, 5.74) is 0.114. The van der Waals surface area contributed by atoms with Gasteiger partial charge < -0.3 is 19.4 Å². The topological polar surface area (TPSA) is 90.6 Å². The molecule has 88 valence electrons. The molecule has 0 radical (unpaired) electrons. The fourth-order valence-electron chi connectivity index (χ4n) is 1.73. The zero-order valence-electron chi connectivity index (χ0n) is 9.02. The lowest BCUT2D eigenvalue weighted by molar-refractivity contribution is -0.304. The second-order valence-electron chi connectivity index (χ2n) is 3.72. The third-order valence-corrected chi connectivity index (χ3v) is 2.59. The van der Waals surface area contributed by atoms with Gasteiger partial charge in [-0.2, -0.15) is 0 Å². The van der Waals surface area contributed by atoms with Crippen LogP contribution in [0.5, 0.6) is 5.75 Å². The summed E-state index contributed by atoms with van der Waals surface area (Å²) in [6.07, 6.45) is -0.481. The number of carboxylic acid groups (broad SMARTS) is 1. The Kier molecular flexibility index (Phi) is 2.59. The lowest BCUT2D eigenvalue weighted by Gasteiger charge is -2.08. The van der Waals surface area contributed by atoms with Crippen LogP contribution in [0.3, 0.4) is 0 Å². The molecular weight excluding hydrogens is 224 g/mol. The van der Waals surface area contributed by atoms with Crippen molar-refractivity contribution in [2.75, 3.05) is 0 Å². The Morgan fingerprint density at radius 3 is 2.82 bits per heavy atom. The van der Waals surface area contributed by atoms with Gasteiger partial charge in [0.25, 0.3) is 0 Å². The van der Waals surface area contributed by atoms with E-state index in [4.69, 9.17) is 4.42 Å². The number of rotatable bonds is 2. The van der Waals surface area contributed by atoms with Crippen molar-refractivity contribution in [3.05, 3.63) is 39.7 Å². The van der Waals surface area contributed by atoms with Crippen LogP contribution in [0.2, 0.25) is 0 Å². The first kappa shape index (κ1) is 11.2. The lowest BCUT2D eigenvalue weighted by Crippen LogP contribution is -2.27. The van der Waals surface area contributed by atoms with Gasteiger partial charge in [0, 0.05) is 29.4 Å². The Morgan fingerprint density at radius 2 is 2.18 bits per heavy atom. The van der Waals surface area contributed by atoms with E-state index in [0.717, 1.165) is 0 Å². The quantitative estimate of drug-likeness (QED) is 0.743. The molecule has 0 unspecified atom stereocenters. The lowest BCUT2D eigenvalue weighted by atomic mass is 10.0. The van der Waals surface area contributed by atoms with Crippen molar-refractivity contribution in [2.45, 2.75) is 13.3 Å². The van der Waals surface area contributed by atoms with E-state index in [0.29, 0.717) is 10.9 Å². The molecule has 5 heteroatoms. The predicted octanol–water partition coefficient (Wildman–Crippen LogP) is 0.0994. The summed E-state index contributed by atoms with van der Waals surface area (Å²) < 4.78 is 4.95. The van der Waals surface area contributed by atoms with E-state index < -0.39 is 18.0 Å². The molecule has 1 heterocycles. The number of hydrogen-bond acceptors (Lipinski definition) is 5. The summed E-state index contributed by atoms with van der Waals surface area (Å²) in [5, 5.41) is 20.4. The molecule has 0 aliphatic rings. The average Bonchev–Trinajstić information content (AvgIpc) is 2.23. The minimum Gasteiger partial charge on any atom is -0.550 e. The Balaban J connectivity index is 2.76. The molecule has 0 fully saturated rings. The van der Waals surface area contributed by atoms with Gasteiger partial charge >= 0.3 is 5.63 Å². The molecule has 1 aromatic heterocycles. The number of carbonyl (C=O) groups excluding carboxylic acids is 1. The first-order valence-corrected chi connectivity index (χ1v) is 4.94. The summed E-state index contributed by atoms with van der Waals surface area (Å²) in [5.74, 6) is -1.36. The van der Waals surface area contributed by atoms with Crippen LogP contribution in [-0.2, 0) is 11.2 Å². The molecule has 0 aliphatic heterocycles. The zero-order valence-corrected chi connectivity index (χ0v) is 9.02. The number of hydrogen-bond donors (Lipinski definition) is 1. The maximum atomic E-state index is 11.6. The third kappa shape index (κ3) is 1.99. The number of fused-ring (bicyclic) bond motifs is 1. The van der Waals surface area contributed by atoms with Gasteiger partial charge in [0.05, 0.1) is 0 Å². The number of benzene rings is 1. The summed E-state index contributed by atoms with van der Waals surface area (Å²) in [4.78, 5) is 22.1. The van der Waals surface area contributed by atoms with Gasteiger partial charge in [-0.05, 0) is 24.6 Å². The van der Waals surface area contributed by atoms with Crippen molar-refractivity contribution in [3.8, 4) is 5.75 Å². The van der Waals surface area contributed by atoms with Crippen molar-refractivity contribution in [1.29, 1.82) is 0 Å². The van der Waals surface area contributed by atoms with Crippen LogP contribution < -0.4 is 10.7 Å². The van der Waals surface area contributed by atoms with Gasteiger partial charge in [0.2, 0.25) is 0 Å². The van der Waals surface area contributed by atoms with Crippen molar-refractivity contribution in [1.82, 2.24) is 0 Å². The van der Waals surface area contributed by atoms with Crippen LogP contribution in [0.25, 0.3) is 11.0 Å². The minimum atomic E-state index is -1.33. The fraction of sp³-hybridized carbons (Fsp3) is 0.167. The second-order valence-corrected chi connectivity index (χ2v) is 3.72. The first-order chi connectivity index (χ1) is 7.99. The SMILES string of the molecule is Cc1c(CC(=O)[O-])c(=O)oc2cc(O)ccc12. The van der Waals surface area contributed by atoms with E-state index in [1.54, 1.807) is 13.0 Å². The van der Waals surface area contributed by atoms with Crippen molar-refractivity contribution in [2.24, 2.45) is 0 Å². The zero-order chi connectivity index (χ0) is 12.6. The summed E-state index contributed by atoms with van der Waals surface area (Å²) in [7, 11) is 0. The van der Waals surface area contributed by atoms with Crippen LogP contribution in [0.1, 0.15) is 11.1 Å². The third-order valence-electron chi connectivity index (χ3n) is 2.59. The van der Waals surface area contributed by atoms with E-state index in [1.807, 2.05) is 0 Å². The van der Waals surface area contributed by atoms with Crippen LogP contribution in [0.4, 0.5) is 0 Å². The van der Waals surface area contributed by atoms with Gasteiger partial charge in [0.1, 0.15) is 11.3 Å². The minimum absolute atomic E-state index is 0.0206. The number of phenolic OH excluding ortho intramolecular Hbond substituents is 1. The van der Waals surface area contributed by atoms with Gasteiger partial charge in [-0.15, -0.1) is 0 Å². The van der Waals surface area contributed by atoms with Gasteiger partial charge in [0.15, 0.2) is 0 Å². The Hall–Kier alpha value is -2.30. The van der Waals surface area contributed by atoms with Gasteiger partial charge in [-0.25, -0.2) is 4.79 Å². The molecule has 0 saturated carbocycles. The number of carbonyl (C=O) groups is 1. The Labute approximate surface area is 95.9 Å². The Morgan fingerprint density at radius 1 is 1.47 bits per heavy atom. The molecule has 2 rings (SSSR count). The highest BCUT2D eigenvalue weighted by molar-refractivity contribution is 5.83. The normalized spacial score (nSPS) is 10.6. The molecule has 0 spiro atoms. The summed E-state index contributed by atoms with van der Waals surface area (Å²) in [6, 6.07) is 4.33. The first-order valence-electron chi connectivity index (χ1n) is 4.94. The highest BCUT2D eigenvalue weighted by Gasteiger charge is 2.11. The number of phenols is 1. The van der Waals surface area contributed by atoms with Crippen LogP contribution in [0.15, 0.2) is 27.4 Å². The van der Waals surface area contributed by atoms with Crippen molar-refractivity contribution >= 4 is 16.9 Å². The number of aryl methyl sites for hydroxylation is 1. The number of aromatic hydroxyl groups is 1. The second kappa shape index (κ2) is 3.93. The monoisotopic (exact) mass is 233 g/mol. The summed E-state index contributed by atoms with van der Waals surface area (Å²) in [6.45, 7) is 1.63. The van der Waals surface area contributed by atoms with E-state index in [2.05, 4.69) is 0 Å². The van der Waals surface area contributed by atoms with E-state index in [9.17, 15) is 19.8 Å². The molecule has 1 N–H and O–H groups in total. The fourth-order valence-corrected chi connectivity index (χ4v) is 1.73. The van der Waals surface area contributed by atoms with Crippen LogP contribution in [-0.4, -0.2) is 11.1 Å². The molecular formula is C12H9O5-. The molecule has 5 nitrogen and oxygen atoms in total. The Bertz CT molecular complexity index is 654. The van der Waals surface area contributed by atoms with E-state index >= 15 is 0 Å². The standard InChI is InChI=1S/C12H10O5/c1-6-8-3-2-7(13)4-10(8)17-12(16)9(6)5-11(14)15/h2-4,13H,5H2,1H3,(H,14,15)/p-1. The van der Waals surface area contributed by atoms with E-state index in [1.165, 1.54) is 12.1 Å². The van der Waals surface area contributed by atoms with E-state index in [-0.39, 0.29) is 16.9 Å².